The van der Waals surface area contributed by atoms with Crippen LogP contribution >= 0.6 is 23.2 Å². The van der Waals surface area contributed by atoms with E-state index in [-0.39, 0.29) is 0 Å². The molecule has 0 saturated heterocycles. The van der Waals surface area contributed by atoms with Crippen molar-refractivity contribution in [3.63, 3.8) is 0 Å². The quantitative estimate of drug-likeness (QED) is 0.725. The molecule has 1 aromatic carbocycles. The van der Waals surface area contributed by atoms with Gasteiger partial charge in [-0.25, -0.2) is 0 Å². The summed E-state index contributed by atoms with van der Waals surface area (Å²) < 4.78 is 5.62. The molecule has 1 unspecified atom stereocenters. The lowest BCUT2D eigenvalue weighted by Gasteiger charge is -2.13. The predicted molar refractivity (Wildman–Crippen MR) is 66.0 cm³/mol. The van der Waals surface area contributed by atoms with E-state index in [0.29, 0.717) is 28.3 Å². The van der Waals surface area contributed by atoms with Crippen LogP contribution in [0.2, 0.25) is 10.0 Å². The number of benzene rings is 1. The predicted octanol–water partition coefficient (Wildman–Crippen LogP) is 4.81. The molecule has 0 heterocycles. The second-order valence-corrected chi connectivity index (χ2v) is 4.62. The lowest BCUT2D eigenvalue weighted by molar-refractivity contribution is 0.251. The van der Waals surface area contributed by atoms with E-state index >= 15 is 0 Å². The Morgan fingerprint density at radius 2 is 2.07 bits per heavy atom. The van der Waals surface area contributed by atoms with Crippen LogP contribution in [0.15, 0.2) is 18.2 Å². The van der Waals surface area contributed by atoms with Gasteiger partial charge in [-0.05, 0) is 24.5 Å². The molecule has 0 radical (unpaired) electrons. The molecule has 0 fully saturated rings. The fourth-order valence-electron chi connectivity index (χ4n) is 1.40. The second kappa shape index (κ2) is 6.24. The summed E-state index contributed by atoms with van der Waals surface area (Å²) in [5.74, 6) is 1.22. The minimum atomic E-state index is 0.546. The molecule has 0 saturated carbocycles. The van der Waals surface area contributed by atoms with Crippen LogP contribution in [0.25, 0.3) is 0 Å². The van der Waals surface area contributed by atoms with Gasteiger partial charge in [0.25, 0.3) is 0 Å². The van der Waals surface area contributed by atoms with Crippen molar-refractivity contribution in [3.05, 3.63) is 28.2 Å². The number of rotatable bonds is 5. The summed E-state index contributed by atoms with van der Waals surface area (Å²) >= 11 is 11.8. The first-order valence-corrected chi connectivity index (χ1v) is 5.97. The maximum Gasteiger partial charge on any atom is 0.139 e. The van der Waals surface area contributed by atoms with E-state index in [0.717, 1.165) is 6.42 Å². The van der Waals surface area contributed by atoms with Crippen LogP contribution in [0.3, 0.4) is 0 Å². The van der Waals surface area contributed by atoms with E-state index in [1.807, 2.05) is 0 Å². The summed E-state index contributed by atoms with van der Waals surface area (Å²) in [7, 11) is 0. The Morgan fingerprint density at radius 3 is 2.73 bits per heavy atom. The summed E-state index contributed by atoms with van der Waals surface area (Å²) in [4.78, 5) is 0. The molecule has 0 bridgehead atoms. The van der Waals surface area contributed by atoms with E-state index in [2.05, 4.69) is 13.8 Å². The average Bonchev–Trinajstić information content (AvgIpc) is 2.20. The zero-order chi connectivity index (χ0) is 11.3. The lowest BCUT2D eigenvalue weighted by atomic mass is 10.1. The van der Waals surface area contributed by atoms with Crippen molar-refractivity contribution < 1.29 is 4.74 Å². The average molecular weight is 247 g/mol. The van der Waals surface area contributed by atoms with Gasteiger partial charge in [-0.3, -0.25) is 0 Å². The Balaban J connectivity index is 2.53. The molecule has 0 aliphatic rings. The number of halogens is 2. The van der Waals surface area contributed by atoms with Crippen molar-refractivity contribution in [2.45, 2.75) is 26.7 Å². The Kier molecular flexibility index (Phi) is 5.27. The molecule has 15 heavy (non-hydrogen) atoms. The maximum atomic E-state index is 5.97. The fourth-order valence-corrected chi connectivity index (χ4v) is 1.73. The Morgan fingerprint density at radius 1 is 1.33 bits per heavy atom. The molecule has 1 rings (SSSR count). The zero-order valence-electron chi connectivity index (χ0n) is 9.09. The van der Waals surface area contributed by atoms with Gasteiger partial charge in [0.1, 0.15) is 5.75 Å². The summed E-state index contributed by atoms with van der Waals surface area (Å²) in [6.45, 7) is 5.03. The first-order chi connectivity index (χ1) is 7.13. The lowest BCUT2D eigenvalue weighted by Crippen LogP contribution is -2.08. The Hall–Kier alpha value is -0.400. The van der Waals surface area contributed by atoms with E-state index in [1.165, 1.54) is 6.42 Å². The molecule has 0 aromatic heterocycles. The van der Waals surface area contributed by atoms with Crippen LogP contribution in [-0.2, 0) is 0 Å². The third kappa shape index (κ3) is 4.31. The zero-order valence-corrected chi connectivity index (χ0v) is 10.6. The van der Waals surface area contributed by atoms with Gasteiger partial charge >= 0.3 is 0 Å². The molecule has 0 aliphatic heterocycles. The van der Waals surface area contributed by atoms with Gasteiger partial charge in [-0.15, -0.1) is 0 Å². The topological polar surface area (TPSA) is 9.23 Å². The van der Waals surface area contributed by atoms with Crippen molar-refractivity contribution in [1.29, 1.82) is 0 Å². The normalized spacial score (nSPS) is 12.5. The highest BCUT2D eigenvalue weighted by Crippen LogP contribution is 2.28. The monoisotopic (exact) mass is 246 g/mol. The SMILES string of the molecule is CCCC(C)COc1cc(Cl)ccc1Cl. The van der Waals surface area contributed by atoms with Crippen molar-refractivity contribution in [2.24, 2.45) is 5.92 Å². The van der Waals surface area contributed by atoms with Crippen LogP contribution in [0, 0.1) is 5.92 Å². The van der Waals surface area contributed by atoms with E-state index in [4.69, 9.17) is 27.9 Å². The first-order valence-electron chi connectivity index (χ1n) is 5.21. The molecule has 0 amide bonds. The van der Waals surface area contributed by atoms with Gasteiger partial charge in [0, 0.05) is 11.1 Å². The van der Waals surface area contributed by atoms with Crippen molar-refractivity contribution in [1.82, 2.24) is 0 Å². The van der Waals surface area contributed by atoms with E-state index in [1.54, 1.807) is 18.2 Å². The molecule has 84 valence electrons. The molecular weight excluding hydrogens is 231 g/mol. The summed E-state index contributed by atoms with van der Waals surface area (Å²) in [6, 6.07) is 5.26. The van der Waals surface area contributed by atoms with Gasteiger partial charge in [0.05, 0.1) is 11.6 Å². The molecule has 0 aliphatic carbocycles. The first kappa shape index (κ1) is 12.7. The van der Waals surface area contributed by atoms with Crippen molar-refractivity contribution in [2.75, 3.05) is 6.61 Å². The molecule has 0 spiro atoms. The van der Waals surface area contributed by atoms with E-state index in [9.17, 15) is 0 Å². The summed E-state index contributed by atoms with van der Waals surface area (Å²) in [5.41, 5.74) is 0. The smallest absolute Gasteiger partial charge is 0.139 e. The summed E-state index contributed by atoms with van der Waals surface area (Å²) in [5, 5.41) is 1.26. The number of ether oxygens (including phenoxy) is 1. The largest absolute Gasteiger partial charge is 0.492 e. The fraction of sp³-hybridized carbons (Fsp3) is 0.500. The van der Waals surface area contributed by atoms with Gasteiger partial charge in [-0.2, -0.15) is 0 Å². The van der Waals surface area contributed by atoms with Crippen LogP contribution in [0.4, 0.5) is 0 Å². The third-order valence-corrected chi connectivity index (χ3v) is 2.75. The van der Waals surface area contributed by atoms with E-state index < -0.39 is 0 Å². The minimum Gasteiger partial charge on any atom is -0.492 e. The highest BCUT2D eigenvalue weighted by Gasteiger charge is 2.05. The second-order valence-electron chi connectivity index (χ2n) is 3.78. The van der Waals surface area contributed by atoms with Crippen LogP contribution in [-0.4, -0.2) is 6.61 Å². The highest BCUT2D eigenvalue weighted by atomic mass is 35.5. The van der Waals surface area contributed by atoms with Crippen LogP contribution in [0.1, 0.15) is 26.7 Å². The van der Waals surface area contributed by atoms with Crippen molar-refractivity contribution >= 4 is 23.2 Å². The number of hydrogen-bond donors (Lipinski definition) is 0. The highest BCUT2D eigenvalue weighted by molar-refractivity contribution is 6.34. The van der Waals surface area contributed by atoms with Gasteiger partial charge < -0.3 is 4.74 Å². The molecule has 3 heteroatoms. The third-order valence-electron chi connectivity index (χ3n) is 2.20. The van der Waals surface area contributed by atoms with Gasteiger partial charge in [0.15, 0.2) is 0 Å². The standard InChI is InChI=1S/C12H16Cl2O/c1-3-4-9(2)8-15-12-7-10(13)5-6-11(12)14/h5-7,9H,3-4,8H2,1-2H3. The molecule has 1 nitrogen and oxygen atoms in total. The Labute approximate surface area is 101 Å². The molecule has 0 N–H and O–H groups in total. The van der Waals surface area contributed by atoms with Crippen LogP contribution in [0.5, 0.6) is 5.75 Å². The van der Waals surface area contributed by atoms with Crippen molar-refractivity contribution in [3.8, 4) is 5.75 Å². The maximum absolute atomic E-state index is 5.97. The Bertz CT molecular complexity index is 312. The van der Waals surface area contributed by atoms with Gasteiger partial charge in [0.2, 0.25) is 0 Å². The summed E-state index contributed by atoms with van der Waals surface area (Å²) in [6.07, 6.45) is 2.34. The molecule has 1 atom stereocenters. The van der Waals surface area contributed by atoms with Crippen LogP contribution < -0.4 is 4.74 Å². The number of hydrogen-bond acceptors (Lipinski definition) is 1. The molecular formula is C12H16Cl2O. The minimum absolute atomic E-state index is 0.546. The van der Waals surface area contributed by atoms with Gasteiger partial charge in [-0.1, -0.05) is 43.5 Å². The molecule has 1 aromatic rings.